The van der Waals surface area contributed by atoms with Crippen molar-refractivity contribution in [2.24, 2.45) is 10.9 Å². The smallest absolute Gasteiger partial charge is 0.190 e. The van der Waals surface area contributed by atoms with Crippen LogP contribution < -0.4 is 15.4 Å². The minimum absolute atomic E-state index is 0. The lowest BCUT2D eigenvalue weighted by atomic mass is 10.1. The molecule has 154 valence electrons. The highest BCUT2D eigenvalue weighted by atomic mass is 127. The van der Waals surface area contributed by atoms with Crippen molar-refractivity contribution >= 4 is 29.9 Å². The van der Waals surface area contributed by atoms with Crippen LogP contribution in [0.1, 0.15) is 31.4 Å². The van der Waals surface area contributed by atoms with Crippen LogP contribution in [0, 0.1) is 11.7 Å². The molecule has 0 aromatic heterocycles. The molecule has 0 amide bonds. The normalized spacial score (nSPS) is 13.6. The average Bonchev–Trinajstić information content (AvgIpc) is 2.62. The van der Waals surface area contributed by atoms with Gasteiger partial charge in [0.25, 0.3) is 0 Å². The van der Waals surface area contributed by atoms with Crippen LogP contribution in [-0.4, -0.2) is 46.1 Å². The highest BCUT2D eigenvalue weighted by Crippen LogP contribution is 2.29. The number of benzene rings is 1. The molecule has 1 aliphatic heterocycles. The van der Waals surface area contributed by atoms with Gasteiger partial charge in [0, 0.05) is 38.9 Å². The van der Waals surface area contributed by atoms with E-state index < -0.39 is 0 Å². The Morgan fingerprint density at radius 2 is 2.07 bits per heavy atom. The quantitative estimate of drug-likeness (QED) is 0.239. The molecule has 1 aromatic rings. The molecule has 0 aliphatic carbocycles. The summed E-state index contributed by atoms with van der Waals surface area (Å²) >= 11 is 0. The van der Waals surface area contributed by atoms with E-state index in [9.17, 15) is 4.39 Å². The second kappa shape index (κ2) is 13.1. The van der Waals surface area contributed by atoms with Crippen molar-refractivity contribution in [3.63, 3.8) is 0 Å². The predicted octanol–water partition coefficient (Wildman–Crippen LogP) is 3.08. The van der Waals surface area contributed by atoms with E-state index in [1.165, 1.54) is 12.1 Å². The molecule has 1 heterocycles. The maximum atomic E-state index is 13.7. The molecule has 6 nitrogen and oxygen atoms in total. The molecule has 0 bridgehead atoms. The molecular formula is C19H31FIN3O3. The van der Waals surface area contributed by atoms with Crippen LogP contribution in [-0.2, 0) is 22.5 Å². The lowest BCUT2D eigenvalue weighted by molar-refractivity contribution is -0.0172. The molecule has 0 unspecified atom stereocenters. The zero-order valence-electron chi connectivity index (χ0n) is 16.3. The Hall–Kier alpha value is -1.13. The third-order valence-electron chi connectivity index (χ3n) is 3.87. The molecule has 27 heavy (non-hydrogen) atoms. The maximum Gasteiger partial charge on any atom is 0.190 e. The lowest BCUT2D eigenvalue weighted by Crippen LogP contribution is -2.39. The molecule has 8 heteroatoms. The second-order valence-electron chi connectivity index (χ2n) is 6.66. The van der Waals surface area contributed by atoms with Gasteiger partial charge in [-0.1, -0.05) is 13.8 Å². The van der Waals surface area contributed by atoms with Crippen LogP contribution in [0.25, 0.3) is 0 Å². The van der Waals surface area contributed by atoms with Gasteiger partial charge in [-0.25, -0.2) is 4.39 Å². The Kier molecular flexibility index (Phi) is 11.6. The number of ether oxygens (including phenoxy) is 3. The Balaban J connectivity index is 0.00000364. The molecule has 0 fully saturated rings. The number of rotatable bonds is 9. The van der Waals surface area contributed by atoms with Crippen molar-refractivity contribution in [3.8, 4) is 5.75 Å². The summed E-state index contributed by atoms with van der Waals surface area (Å²) in [5.74, 6) is 1.76. The average molecular weight is 495 g/mol. The van der Waals surface area contributed by atoms with Crippen molar-refractivity contribution < 1.29 is 18.6 Å². The van der Waals surface area contributed by atoms with E-state index in [1.54, 1.807) is 7.05 Å². The summed E-state index contributed by atoms with van der Waals surface area (Å²) in [6.07, 6.45) is 1.55. The Morgan fingerprint density at radius 1 is 1.30 bits per heavy atom. The standard InChI is InChI=1S/C19H30FN3O3.HI/c1-14(2)11-24-8-4-6-22-19(21-3)23-7-5-15-9-17(20)10-16-12-25-13-26-18(15)16;/h9-10,14H,4-8,11-13H2,1-3H3,(H2,21,22,23);1H. The number of nitrogens with zero attached hydrogens (tertiary/aromatic N) is 1. The minimum atomic E-state index is -0.267. The molecule has 0 spiro atoms. The highest BCUT2D eigenvalue weighted by molar-refractivity contribution is 14.0. The number of fused-ring (bicyclic) bond motifs is 1. The fourth-order valence-electron chi connectivity index (χ4n) is 2.68. The Morgan fingerprint density at radius 3 is 2.81 bits per heavy atom. The summed E-state index contributed by atoms with van der Waals surface area (Å²) in [5.41, 5.74) is 1.60. The molecule has 0 radical (unpaired) electrons. The highest BCUT2D eigenvalue weighted by Gasteiger charge is 2.16. The molecule has 2 N–H and O–H groups in total. The third kappa shape index (κ3) is 8.61. The molecule has 1 aliphatic rings. The number of guanidine groups is 1. The number of nitrogens with one attached hydrogen (secondary N) is 2. The van der Waals surface area contributed by atoms with Crippen molar-refractivity contribution in [2.75, 3.05) is 40.1 Å². The summed E-state index contributed by atoms with van der Waals surface area (Å²) in [5, 5.41) is 6.49. The van der Waals surface area contributed by atoms with Gasteiger partial charge >= 0.3 is 0 Å². The van der Waals surface area contributed by atoms with Crippen LogP contribution in [0.15, 0.2) is 17.1 Å². The Labute approximate surface area is 178 Å². The van der Waals surface area contributed by atoms with E-state index in [0.717, 1.165) is 49.0 Å². The van der Waals surface area contributed by atoms with Gasteiger partial charge in [-0.15, -0.1) is 24.0 Å². The summed E-state index contributed by atoms with van der Waals surface area (Å²) < 4.78 is 30.0. The van der Waals surface area contributed by atoms with E-state index in [1.807, 2.05) is 0 Å². The third-order valence-corrected chi connectivity index (χ3v) is 3.87. The first-order valence-corrected chi connectivity index (χ1v) is 9.14. The second-order valence-corrected chi connectivity index (χ2v) is 6.66. The number of aliphatic imine (C=N–C) groups is 1. The monoisotopic (exact) mass is 495 g/mol. The summed E-state index contributed by atoms with van der Waals surface area (Å²) in [6, 6.07) is 2.99. The predicted molar refractivity (Wildman–Crippen MR) is 115 cm³/mol. The molecule has 0 saturated carbocycles. The fraction of sp³-hybridized carbons (Fsp3) is 0.632. The van der Waals surface area contributed by atoms with Crippen LogP contribution in [0.2, 0.25) is 0 Å². The topological polar surface area (TPSA) is 64.1 Å². The van der Waals surface area contributed by atoms with E-state index in [-0.39, 0.29) is 36.6 Å². The Bertz CT molecular complexity index is 600. The van der Waals surface area contributed by atoms with Gasteiger partial charge in [0.15, 0.2) is 12.8 Å². The van der Waals surface area contributed by atoms with Crippen LogP contribution in [0.4, 0.5) is 4.39 Å². The van der Waals surface area contributed by atoms with Gasteiger partial charge in [-0.2, -0.15) is 0 Å². The van der Waals surface area contributed by atoms with Gasteiger partial charge < -0.3 is 24.8 Å². The van der Waals surface area contributed by atoms with Crippen molar-refractivity contribution in [1.82, 2.24) is 10.6 Å². The van der Waals surface area contributed by atoms with E-state index in [0.29, 0.717) is 25.5 Å². The number of halogens is 2. The fourth-order valence-corrected chi connectivity index (χ4v) is 2.68. The summed E-state index contributed by atoms with van der Waals surface area (Å²) in [4.78, 5) is 4.20. The maximum absolute atomic E-state index is 13.7. The zero-order chi connectivity index (χ0) is 18.8. The van der Waals surface area contributed by atoms with Crippen LogP contribution >= 0.6 is 24.0 Å². The first-order chi connectivity index (χ1) is 12.6. The summed E-state index contributed by atoms with van der Waals surface area (Å²) in [6.45, 7) is 7.80. The van der Waals surface area contributed by atoms with E-state index in [2.05, 4.69) is 29.5 Å². The molecule has 2 rings (SSSR count). The lowest BCUT2D eigenvalue weighted by Gasteiger charge is -2.21. The van der Waals surface area contributed by atoms with E-state index in [4.69, 9.17) is 14.2 Å². The van der Waals surface area contributed by atoms with E-state index >= 15 is 0 Å². The van der Waals surface area contributed by atoms with Gasteiger partial charge in [0.2, 0.25) is 0 Å². The molecule has 0 saturated heterocycles. The molecular weight excluding hydrogens is 464 g/mol. The van der Waals surface area contributed by atoms with Gasteiger partial charge in [0.05, 0.1) is 6.61 Å². The number of hydrogen-bond donors (Lipinski definition) is 2. The first kappa shape index (κ1) is 23.9. The van der Waals surface area contributed by atoms with Gasteiger partial charge in [0.1, 0.15) is 11.6 Å². The number of hydrogen-bond acceptors (Lipinski definition) is 4. The van der Waals surface area contributed by atoms with Crippen molar-refractivity contribution in [1.29, 1.82) is 0 Å². The van der Waals surface area contributed by atoms with Crippen molar-refractivity contribution in [3.05, 3.63) is 29.1 Å². The first-order valence-electron chi connectivity index (χ1n) is 9.14. The zero-order valence-corrected chi connectivity index (χ0v) is 18.7. The van der Waals surface area contributed by atoms with Crippen molar-refractivity contribution in [2.45, 2.75) is 33.3 Å². The SMILES string of the molecule is CN=C(NCCCOCC(C)C)NCCc1cc(F)cc2c1OCOC2.I. The van der Waals surface area contributed by atoms with Crippen LogP contribution in [0.3, 0.4) is 0 Å². The van der Waals surface area contributed by atoms with Gasteiger partial charge in [-0.05, 0) is 36.5 Å². The van der Waals surface area contributed by atoms with Crippen LogP contribution in [0.5, 0.6) is 5.75 Å². The molecule has 0 atom stereocenters. The van der Waals surface area contributed by atoms with Gasteiger partial charge in [-0.3, -0.25) is 4.99 Å². The largest absolute Gasteiger partial charge is 0.467 e. The molecule has 1 aromatic carbocycles. The minimum Gasteiger partial charge on any atom is -0.467 e. The summed E-state index contributed by atoms with van der Waals surface area (Å²) in [7, 11) is 1.73.